The van der Waals surface area contributed by atoms with Gasteiger partial charge < -0.3 is 14.8 Å². The van der Waals surface area contributed by atoms with Crippen LogP contribution in [0.15, 0.2) is 30.3 Å². The van der Waals surface area contributed by atoms with Crippen molar-refractivity contribution in [2.45, 2.75) is 25.7 Å². The van der Waals surface area contributed by atoms with Crippen LogP contribution in [0.3, 0.4) is 0 Å². The lowest BCUT2D eigenvalue weighted by Crippen LogP contribution is -2.14. The Bertz CT molecular complexity index is 773. The summed E-state index contributed by atoms with van der Waals surface area (Å²) in [4.78, 5) is 12.6. The third-order valence-corrected chi connectivity index (χ3v) is 4.63. The molecule has 0 aliphatic heterocycles. The number of benzene rings is 2. The number of ether oxygens (including phenoxy) is 2. The van der Waals surface area contributed by atoms with E-state index in [0.29, 0.717) is 27.8 Å². The second kappa shape index (κ2) is 7.14. The first-order valence-corrected chi connectivity index (χ1v) is 8.35. The Balaban J connectivity index is 1.86. The molecule has 0 saturated heterocycles. The van der Waals surface area contributed by atoms with Crippen molar-refractivity contribution in [1.29, 1.82) is 0 Å². The van der Waals surface area contributed by atoms with E-state index >= 15 is 0 Å². The van der Waals surface area contributed by atoms with Gasteiger partial charge in [-0.25, -0.2) is 0 Å². The van der Waals surface area contributed by atoms with Crippen LogP contribution in [0.1, 0.15) is 34.3 Å². The van der Waals surface area contributed by atoms with E-state index in [4.69, 9.17) is 21.1 Å². The second-order valence-electron chi connectivity index (χ2n) is 5.83. The van der Waals surface area contributed by atoms with Gasteiger partial charge in [0.15, 0.2) is 0 Å². The van der Waals surface area contributed by atoms with Crippen LogP contribution in [-0.4, -0.2) is 20.1 Å². The summed E-state index contributed by atoms with van der Waals surface area (Å²) in [5.74, 6) is 0.825. The predicted octanol–water partition coefficient (Wildman–Crippen LogP) is 4.49. The fourth-order valence-corrected chi connectivity index (χ4v) is 3.27. The zero-order valence-electron chi connectivity index (χ0n) is 13.8. The number of carbonyl (C=O) groups excluding carboxylic acids is 1. The number of fused-ring (bicyclic) bond motifs is 1. The number of halogens is 1. The number of aryl methyl sites for hydroxylation is 2. The smallest absolute Gasteiger partial charge is 0.255 e. The molecule has 0 unspecified atom stereocenters. The van der Waals surface area contributed by atoms with Gasteiger partial charge in [0.2, 0.25) is 0 Å². The SMILES string of the molecule is COc1cc(OC)c(NC(=O)c2ccc3c(c2)CCCC3)cc1Cl. The Morgan fingerprint density at radius 3 is 2.42 bits per heavy atom. The van der Waals surface area contributed by atoms with Gasteiger partial charge in [0.05, 0.1) is 24.9 Å². The van der Waals surface area contributed by atoms with Crippen LogP contribution in [-0.2, 0) is 12.8 Å². The molecule has 4 nitrogen and oxygen atoms in total. The molecule has 0 heterocycles. The number of methoxy groups -OCH3 is 2. The molecule has 1 aliphatic rings. The van der Waals surface area contributed by atoms with Gasteiger partial charge in [-0.1, -0.05) is 17.7 Å². The number of anilines is 1. The van der Waals surface area contributed by atoms with Crippen molar-refractivity contribution in [3.63, 3.8) is 0 Å². The third kappa shape index (κ3) is 3.34. The number of rotatable bonds is 4. The fourth-order valence-electron chi connectivity index (χ4n) is 3.03. The van der Waals surface area contributed by atoms with Crippen molar-refractivity contribution < 1.29 is 14.3 Å². The van der Waals surface area contributed by atoms with Crippen LogP contribution in [0.4, 0.5) is 5.69 Å². The first-order chi connectivity index (χ1) is 11.6. The normalized spacial score (nSPS) is 13.1. The molecule has 1 amide bonds. The predicted molar refractivity (Wildman–Crippen MR) is 95.6 cm³/mol. The minimum absolute atomic E-state index is 0.178. The van der Waals surface area contributed by atoms with E-state index in [1.165, 1.54) is 38.2 Å². The summed E-state index contributed by atoms with van der Waals surface area (Å²) >= 11 is 6.15. The first-order valence-electron chi connectivity index (χ1n) is 7.97. The zero-order chi connectivity index (χ0) is 17.1. The summed E-state index contributed by atoms with van der Waals surface area (Å²) in [5.41, 5.74) is 3.78. The summed E-state index contributed by atoms with van der Waals surface area (Å²) in [6.45, 7) is 0. The number of amides is 1. The van der Waals surface area contributed by atoms with Gasteiger partial charge in [-0.15, -0.1) is 0 Å². The highest BCUT2D eigenvalue weighted by Gasteiger charge is 2.16. The van der Waals surface area contributed by atoms with Crippen molar-refractivity contribution in [3.8, 4) is 11.5 Å². The molecule has 0 radical (unpaired) electrons. The topological polar surface area (TPSA) is 47.6 Å². The number of nitrogens with one attached hydrogen (secondary N) is 1. The first kappa shape index (κ1) is 16.7. The van der Waals surface area contributed by atoms with Crippen LogP contribution in [0, 0.1) is 0 Å². The van der Waals surface area contributed by atoms with Gasteiger partial charge >= 0.3 is 0 Å². The van der Waals surface area contributed by atoms with Crippen LogP contribution in [0.2, 0.25) is 5.02 Å². The Labute approximate surface area is 146 Å². The standard InChI is InChI=1S/C19H20ClNO3/c1-23-17-11-18(24-2)16(10-15(17)20)21-19(22)14-8-7-12-5-3-4-6-13(12)9-14/h7-11H,3-6H2,1-2H3,(H,21,22). The average molecular weight is 346 g/mol. The van der Waals surface area contributed by atoms with Crippen molar-refractivity contribution >= 4 is 23.2 Å². The summed E-state index contributed by atoms with van der Waals surface area (Å²) in [5, 5.41) is 3.29. The van der Waals surface area contributed by atoms with Crippen molar-refractivity contribution in [2.75, 3.05) is 19.5 Å². The van der Waals surface area contributed by atoms with E-state index in [-0.39, 0.29) is 5.91 Å². The van der Waals surface area contributed by atoms with Gasteiger partial charge in [-0.05, 0) is 55.0 Å². The molecule has 0 fully saturated rings. The zero-order valence-corrected chi connectivity index (χ0v) is 14.6. The van der Waals surface area contributed by atoms with Crippen LogP contribution >= 0.6 is 11.6 Å². The molecule has 0 aromatic heterocycles. The molecule has 5 heteroatoms. The van der Waals surface area contributed by atoms with E-state index in [9.17, 15) is 4.79 Å². The van der Waals surface area contributed by atoms with Gasteiger partial charge in [-0.3, -0.25) is 4.79 Å². The molecule has 0 saturated carbocycles. The second-order valence-corrected chi connectivity index (χ2v) is 6.24. The Morgan fingerprint density at radius 1 is 1.00 bits per heavy atom. The van der Waals surface area contributed by atoms with Crippen LogP contribution in [0.5, 0.6) is 11.5 Å². The minimum atomic E-state index is -0.178. The lowest BCUT2D eigenvalue weighted by atomic mass is 9.90. The molecule has 1 aliphatic carbocycles. The molecular weight excluding hydrogens is 326 g/mol. The van der Waals surface area contributed by atoms with E-state index in [1.807, 2.05) is 12.1 Å². The molecule has 24 heavy (non-hydrogen) atoms. The Kier molecular flexibility index (Phi) is 4.95. The summed E-state index contributed by atoms with van der Waals surface area (Å²) < 4.78 is 10.5. The summed E-state index contributed by atoms with van der Waals surface area (Å²) in [6.07, 6.45) is 4.54. The molecule has 0 atom stereocenters. The quantitative estimate of drug-likeness (QED) is 0.888. The maximum absolute atomic E-state index is 12.6. The fraction of sp³-hybridized carbons (Fsp3) is 0.316. The summed E-state index contributed by atoms with van der Waals surface area (Å²) in [7, 11) is 3.07. The molecule has 0 spiro atoms. The highest BCUT2D eigenvalue weighted by molar-refractivity contribution is 6.32. The number of hydrogen-bond acceptors (Lipinski definition) is 3. The molecule has 2 aromatic rings. The Hall–Kier alpha value is -2.20. The molecule has 2 aromatic carbocycles. The average Bonchev–Trinajstić information content (AvgIpc) is 2.61. The third-order valence-electron chi connectivity index (χ3n) is 4.33. The monoisotopic (exact) mass is 345 g/mol. The van der Waals surface area contributed by atoms with E-state index in [0.717, 1.165) is 12.8 Å². The lowest BCUT2D eigenvalue weighted by molar-refractivity contribution is 0.102. The maximum atomic E-state index is 12.6. The molecular formula is C19H20ClNO3. The van der Waals surface area contributed by atoms with Gasteiger partial charge in [0, 0.05) is 11.6 Å². The highest BCUT2D eigenvalue weighted by atomic mass is 35.5. The van der Waals surface area contributed by atoms with Crippen molar-refractivity contribution in [3.05, 3.63) is 52.0 Å². The molecule has 3 rings (SSSR count). The molecule has 0 bridgehead atoms. The van der Waals surface area contributed by atoms with Crippen LogP contribution < -0.4 is 14.8 Å². The molecule has 126 valence electrons. The van der Waals surface area contributed by atoms with E-state index < -0.39 is 0 Å². The van der Waals surface area contributed by atoms with E-state index in [1.54, 1.807) is 12.1 Å². The highest BCUT2D eigenvalue weighted by Crippen LogP contribution is 2.36. The van der Waals surface area contributed by atoms with Gasteiger partial charge in [0.25, 0.3) is 5.91 Å². The van der Waals surface area contributed by atoms with E-state index in [2.05, 4.69) is 11.4 Å². The van der Waals surface area contributed by atoms with Crippen molar-refractivity contribution in [2.24, 2.45) is 0 Å². The number of hydrogen-bond donors (Lipinski definition) is 1. The number of carbonyl (C=O) groups is 1. The molecule has 1 N–H and O–H groups in total. The van der Waals surface area contributed by atoms with Crippen molar-refractivity contribution in [1.82, 2.24) is 0 Å². The minimum Gasteiger partial charge on any atom is -0.495 e. The largest absolute Gasteiger partial charge is 0.495 e. The van der Waals surface area contributed by atoms with Crippen LogP contribution in [0.25, 0.3) is 0 Å². The van der Waals surface area contributed by atoms with Gasteiger partial charge in [-0.2, -0.15) is 0 Å². The maximum Gasteiger partial charge on any atom is 0.255 e. The Morgan fingerprint density at radius 2 is 1.71 bits per heavy atom. The lowest BCUT2D eigenvalue weighted by Gasteiger charge is -2.17. The van der Waals surface area contributed by atoms with Gasteiger partial charge in [0.1, 0.15) is 11.5 Å². The summed E-state index contributed by atoms with van der Waals surface area (Å²) in [6, 6.07) is 9.21.